The maximum atomic E-state index is 12.2. The maximum Gasteiger partial charge on any atom is 0.284 e. The Morgan fingerprint density at radius 1 is 1.12 bits per heavy atom. The lowest BCUT2D eigenvalue weighted by molar-refractivity contribution is -0.130. The van der Waals surface area contributed by atoms with Crippen LogP contribution < -0.4 is 14.9 Å². The topological polar surface area (TPSA) is 72.8 Å². The van der Waals surface area contributed by atoms with Crippen molar-refractivity contribution in [3.05, 3.63) is 66.5 Å². The molecule has 0 saturated carbocycles. The van der Waals surface area contributed by atoms with Crippen molar-refractivity contribution in [3.63, 3.8) is 0 Å². The number of amides is 1. The van der Waals surface area contributed by atoms with Crippen LogP contribution in [-0.4, -0.2) is 29.8 Å². The average Bonchev–Trinajstić information content (AvgIpc) is 2.66. The normalized spacial score (nSPS) is 16.1. The fourth-order valence-electron chi connectivity index (χ4n) is 2.58. The van der Waals surface area contributed by atoms with Gasteiger partial charge in [-0.3, -0.25) is 9.78 Å². The van der Waals surface area contributed by atoms with Gasteiger partial charge in [-0.25, -0.2) is 5.43 Å². The molecule has 4 rings (SSSR count). The summed E-state index contributed by atoms with van der Waals surface area (Å²) in [7, 11) is 0. The van der Waals surface area contributed by atoms with Crippen LogP contribution in [0.5, 0.6) is 11.5 Å². The zero-order chi connectivity index (χ0) is 17.1. The second-order valence-corrected chi connectivity index (χ2v) is 5.58. The quantitative estimate of drug-likeness (QED) is 0.590. The van der Waals surface area contributed by atoms with Crippen LogP contribution in [0.2, 0.25) is 0 Å². The van der Waals surface area contributed by atoms with Gasteiger partial charge in [-0.15, -0.1) is 0 Å². The highest BCUT2D eigenvalue weighted by molar-refractivity contribution is 5.87. The molecule has 6 nitrogen and oxygen atoms in total. The number of carbonyl (C=O) groups excluding carboxylic acids is 1. The molecular weight excluding hydrogens is 318 g/mol. The summed E-state index contributed by atoms with van der Waals surface area (Å²) in [5.74, 6) is 0.843. The molecule has 1 atom stereocenters. The summed E-state index contributed by atoms with van der Waals surface area (Å²) in [5.41, 5.74) is 3.31. The van der Waals surface area contributed by atoms with Crippen LogP contribution in [0.4, 0.5) is 0 Å². The first-order valence-electron chi connectivity index (χ1n) is 7.85. The van der Waals surface area contributed by atoms with E-state index in [-0.39, 0.29) is 12.5 Å². The van der Waals surface area contributed by atoms with Crippen molar-refractivity contribution >= 4 is 22.9 Å². The van der Waals surface area contributed by atoms with Crippen molar-refractivity contribution in [2.75, 3.05) is 6.61 Å². The largest absolute Gasteiger partial charge is 0.485 e. The predicted octanol–water partition coefficient (Wildman–Crippen LogP) is 2.52. The van der Waals surface area contributed by atoms with Gasteiger partial charge in [0.05, 0.1) is 6.21 Å². The minimum Gasteiger partial charge on any atom is -0.485 e. The van der Waals surface area contributed by atoms with Gasteiger partial charge in [-0.05, 0) is 40.6 Å². The summed E-state index contributed by atoms with van der Waals surface area (Å²) in [4.78, 5) is 16.1. The van der Waals surface area contributed by atoms with Gasteiger partial charge in [0.15, 0.2) is 11.5 Å². The summed E-state index contributed by atoms with van der Waals surface area (Å²) >= 11 is 0. The molecule has 25 heavy (non-hydrogen) atoms. The summed E-state index contributed by atoms with van der Waals surface area (Å²) in [6.45, 7) is 0.141. The van der Waals surface area contributed by atoms with E-state index in [1.165, 1.54) is 0 Å². The molecule has 1 aliphatic heterocycles. The Labute approximate surface area is 144 Å². The number of hydrogen-bond donors (Lipinski definition) is 1. The van der Waals surface area contributed by atoms with Gasteiger partial charge in [0.25, 0.3) is 5.91 Å². The molecule has 2 heterocycles. The number of ether oxygens (including phenoxy) is 2. The van der Waals surface area contributed by atoms with E-state index in [9.17, 15) is 4.79 Å². The molecule has 1 N–H and O–H groups in total. The zero-order valence-corrected chi connectivity index (χ0v) is 13.3. The molecule has 6 heteroatoms. The highest BCUT2D eigenvalue weighted by Gasteiger charge is 2.27. The van der Waals surface area contributed by atoms with Crippen LogP contribution >= 0.6 is 0 Å². The molecule has 3 aromatic rings. The number of benzene rings is 2. The molecule has 1 aromatic heterocycles. The van der Waals surface area contributed by atoms with Gasteiger partial charge in [-0.1, -0.05) is 24.3 Å². The summed E-state index contributed by atoms with van der Waals surface area (Å²) in [6.07, 6.45) is 4.11. The van der Waals surface area contributed by atoms with E-state index in [1.54, 1.807) is 30.7 Å². The number of aromatic nitrogens is 1. The van der Waals surface area contributed by atoms with Crippen molar-refractivity contribution < 1.29 is 14.3 Å². The Balaban J connectivity index is 1.45. The minimum atomic E-state index is -0.747. The third kappa shape index (κ3) is 3.28. The molecule has 0 fully saturated rings. The van der Waals surface area contributed by atoms with Crippen molar-refractivity contribution in [2.45, 2.75) is 6.10 Å². The number of nitrogens with zero attached hydrogens (tertiary/aromatic N) is 2. The fraction of sp³-hybridized carbons (Fsp3) is 0.105. The van der Waals surface area contributed by atoms with Crippen LogP contribution in [0, 0.1) is 0 Å². The Hall–Kier alpha value is -3.41. The number of nitrogens with one attached hydrogen (secondary N) is 1. The number of fused-ring (bicyclic) bond motifs is 2. The molecule has 124 valence electrons. The first-order chi connectivity index (χ1) is 12.3. The monoisotopic (exact) mass is 333 g/mol. The molecule has 1 amide bonds. The molecular formula is C19H15N3O3. The summed E-state index contributed by atoms with van der Waals surface area (Å²) < 4.78 is 11.5. The summed E-state index contributed by atoms with van der Waals surface area (Å²) in [5, 5.41) is 6.03. The van der Waals surface area contributed by atoms with E-state index in [4.69, 9.17) is 9.47 Å². The lowest BCUT2D eigenvalue weighted by atomic mass is 10.1. The summed E-state index contributed by atoms with van der Waals surface area (Å²) in [6, 6.07) is 15.3. The number of carbonyl (C=O) groups is 1. The standard InChI is InChI=1S/C19H15N3O3/c23-19(22-21-11-13-5-7-20-8-6-13)18-12-24-16-9-14-3-1-2-4-15(14)10-17(16)25-18/h1-11,18H,12H2,(H,22,23)/t18-/m0/s1. The Morgan fingerprint density at radius 3 is 2.60 bits per heavy atom. The molecule has 0 bridgehead atoms. The molecule has 0 radical (unpaired) electrons. The van der Waals surface area contributed by atoms with Crippen LogP contribution in [0.15, 0.2) is 66.0 Å². The lowest BCUT2D eigenvalue weighted by Crippen LogP contribution is -2.42. The SMILES string of the molecule is O=C(NN=Cc1ccncc1)[C@@H]1COc2cc3ccccc3cc2O1. The number of pyridine rings is 1. The van der Waals surface area contributed by atoms with Crippen LogP contribution in [0.3, 0.4) is 0 Å². The van der Waals surface area contributed by atoms with Crippen molar-refractivity contribution in [1.82, 2.24) is 10.4 Å². The highest BCUT2D eigenvalue weighted by atomic mass is 16.6. The highest BCUT2D eigenvalue weighted by Crippen LogP contribution is 2.35. The maximum absolute atomic E-state index is 12.2. The number of rotatable bonds is 3. The number of hydrogen-bond acceptors (Lipinski definition) is 5. The lowest BCUT2D eigenvalue weighted by Gasteiger charge is -2.25. The van der Waals surface area contributed by atoms with Crippen LogP contribution in [0.25, 0.3) is 10.8 Å². The second kappa shape index (κ2) is 6.60. The van der Waals surface area contributed by atoms with Gasteiger partial charge in [-0.2, -0.15) is 5.10 Å². The smallest absolute Gasteiger partial charge is 0.284 e. The third-order valence-electron chi connectivity index (χ3n) is 3.86. The zero-order valence-electron chi connectivity index (χ0n) is 13.3. The van der Waals surface area contributed by atoms with Crippen LogP contribution in [0.1, 0.15) is 5.56 Å². The van der Waals surface area contributed by atoms with E-state index in [0.29, 0.717) is 11.5 Å². The molecule has 0 unspecified atom stereocenters. The molecule has 0 saturated heterocycles. The number of hydrazone groups is 1. The first kappa shape index (κ1) is 15.1. The molecule has 1 aliphatic rings. The predicted molar refractivity (Wildman–Crippen MR) is 93.8 cm³/mol. The molecule has 2 aromatic carbocycles. The third-order valence-corrected chi connectivity index (χ3v) is 3.86. The first-order valence-corrected chi connectivity index (χ1v) is 7.85. The van der Waals surface area contributed by atoms with Crippen molar-refractivity contribution in [2.24, 2.45) is 5.10 Å². The van der Waals surface area contributed by atoms with Gasteiger partial charge in [0, 0.05) is 12.4 Å². The Morgan fingerprint density at radius 2 is 1.84 bits per heavy atom. The van der Waals surface area contributed by atoms with Crippen LogP contribution in [-0.2, 0) is 4.79 Å². The van der Waals surface area contributed by atoms with Gasteiger partial charge < -0.3 is 9.47 Å². The molecule has 0 aliphatic carbocycles. The van der Waals surface area contributed by atoms with E-state index in [1.807, 2.05) is 36.4 Å². The van der Waals surface area contributed by atoms with Gasteiger partial charge in [0.1, 0.15) is 6.61 Å². The van der Waals surface area contributed by atoms with E-state index < -0.39 is 6.10 Å². The fourth-order valence-corrected chi connectivity index (χ4v) is 2.58. The minimum absolute atomic E-state index is 0.141. The van der Waals surface area contributed by atoms with Crippen molar-refractivity contribution in [3.8, 4) is 11.5 Å². The van der Waals surface area contributed by atoms with Gasteiger partial charge in [0.2, 0.25) is 6.10 Å². The van der Waals surface area contributed by atoms with E-state index >= 15 is 0 Å². The van der Waals surface area contributed by atoms with Crippen molar-refractivity contribution in [1.29, 1.82) is 0 Å². The second-order valence-electron chi connectivity index (χ2n) is 5.58. The van der Waals surface area contributed by atoms with Gasteiger partial charge >= 0.3 is 0 Å². The molecule has 0 spiro atoms. The Kier molecular flexibility index (Phi) is 4.00. The van der Waals surface area contributed by atoms with E-state index in [2.05, 4.69) is 15.5 Å². The average molecular weight is 333 g/mol. The Bertz CT molecular complexity index is 941. The van der Waals surface area contributed by atoms with E-state index in [0.717, 1.165) is 16.3 Å².